The van der Waals surface area contributed by atoms with E-state index in [0.29, 0.717) is 16.5 Å². The molecule has 0 heterocycles. The first kappa shape index (κ1) is 16.7. The van der Waals surface area contributed by atoms with E-state index in [0.717, 1.165) is 4.47 Å². The Morgan fingerprint density at radius 3 is 2.64 bits per heavy atom. The molecule has 2 rings (SSSR count). The minimum Gasteiger partial charge on any atom is -0.484 e. The van der Waals surface area contributed by atoms with Crippen molar-refractivity contribution in [2.75, 3.05) is 11.9 Å². The van der Waals surface area contributed by atoms with Crippen LogP contribution < -0.4 is 15.4 Å². The summed E-state index contributed by atoms with van der Waals surface area (Å²) in [5.41, 5.74) is 0.610. The zero-order valence-corrected chi connectivity index (χ0v) is 14.5. The molecule has 0 aliphatic heterocycles. The molecule has 0 saturated carbocycles. The molecule has 0 unspecified atom stereocenters. The molecule has 0 bridgehead atoms. The van der Waals surface area contributed by atoms with Crippen LogP contribution in [0.25, 0.3) is 0 Å². The number of halogens is 2. The summed E-state index contributed by atoms with van der Waals surface area (Å²) in [5.74, 6) is 0.266. The minimum atomic E-state index is -0.352. The lowest BCUT2D eigenvalue weighted by Gasteiger charge is -2.11. The molecule has 0 fully saturated rings. The van der Waals surface area contributed by atoms with Crippen LogP contribution in [-0.4, -0.2) is 17.6 Å². The fourth-order valence-corrected chi connectivity index (χ4v) is 2.52. The summed E-state index contributed by atoms with van der Waals surface area (Å²) in [6.07, 6.45) is 0. The van der Waals surface area contributed by atoms with E-state index in [9.17, 15) is 4.79 Å². The first-order chi connectivity index (χ1) is 10.5. The number of hydrogen-bond donors (Lipinski definition) is 2. The standard InChI is InChI=1S/C15H12BrClN2O2S/c16-10-6-7-13(12(17)8-10)18-15(22)19-14(20)9-21-11-4-2-1-3-5-11/h1-8H,9H2,(H2,18,19,20,22). The Bertz CT molecular complexity index is 682. The van der Waals surface area contributed by atoms with Crippen LogP contribution in [0.15, 0.2) is 53.0 Å². The topological polar surface area (TPSA) is 50.4 Å². The van der Waals surface area contributed by atoms with Crippen molar-refractivity contribution < 1.29 is 9.53 Å². The van der Waals surface area contributed by atoms with Crippen LogP contribution in [0.3, 0.4) is 0 Å². The second-order valence-corrected chi connectivity index (χ2v) is 5.96. The van der Waals surface area contributed by atoms with Gasteiger partial charge in [0.05, 0.1) is 10.7 Å². The lowest BCUT2D eigenvalue weighted by atomic mass is 10.3. The first-order valence-corrected chi connectivity index (χ1v) is 7.86. The van der Waals surface area contributed by atoms with Crippen LogP contribution in [0, 0.1) is 0 Å². The van der Waals surface area contributed by atoms with Crippen molar-refractivity contribution in [1.82, 2.24) is 5.32 Å². The van der Waals surface area contributed by atoms with E-state index in [-0.39, 0.29) is 17.6 Å². The normalized spacial score (nSPS) is 9.91. The highest BCUT2D eigenvalue weighted by Gasteiger charge is 2.08. The van der Waals surface area contributed by atoms with Gasteiger partial charge in [-0.1, -0.05) is 45.7 Å². The highest BCUT2D eigenvalue weighted by Crippen LogP contribution is 2.25. The van der Waals surface area contributed by atoms with E-state index in [4.69, 9.17) is 28.6 Å². The van der Waals surface area contributed by atoms with Crippen molar-refractivity contribution in [3.8, 4) is 5.75 Å². The molecule has 0 aliphatic rings. The smallest absolute Gasteiger partial charge is 0.264 e. The van der Waals surface area contributed by atoms with Crippen LogP contribution in [-0.2, 0) is 4.79 Å². The molecule has 0 saturated heterocycles. The molecule has 0 aromatic heterocycles. The summed E-state index contributed by atoms with van der Waals surface area (Å²) in [6.45, 7) is -0.125. The van der Waals surface area contributed by atoms with Gasteiger partial charge in [-0.25, -0.2) is 0 Å². The van der Waals surface area contributed by atoms with Gasteiger partial charge in [0.15, 0.2) is 11.7 Å². The monoisotopic (exact) mass is 398 g/mol. The average molecular weight is 400 g/mol. The fourth-order valence-electron chi connectivity index (χ4n) is 1.57. The van der Waals surface area contributed by atoms with Gasteiger partial charge in [-0.3, -0.25) is 10.1 Å². The number of nitrogens with one attached hydrogen (secondary N) is 2. The number of anilines is 1. The van der Waals surface area contributed by atoms with Crippen molar-refractivity contribution in [3.63, 3.8) is 0 Å². The number of benzene rings is 2. The maximum Gasteiger partial charge on any atom is 0.264 e. The van der Waals surface area contributed by atoms with E-state index < -0.39 is 0 Å². The summed E-state index contributed by atoms with van der Waals surface area (Å²) in [5, 5.41) is 6.03. The zero-order valence-electron chi connectivity index (χ0n) is 11.3. The molecule has 0 atom stereocenters. The molecule has 0 aliphatic carbocycles. The maximum atomic E-state index is 11.8. The number of carbonyl (C=O) groups is 1. The Kier molecular flexibility index (Phi) is 6.18. The predicted octanol–water partition coefficient (Wildman–Crippen LogP) is 3.99. The van der Waals surface area contributed by atoms with Gasteiger partial charge >= 0.3 is 0 Å². The van der Waals surface area contributed by atoms with Gasteiger partial charge in [0.2, 0.25) is 0 Å². The molecular formula is C15H12BrClN2O2S. The summed E-state index contributed by atoms with van der Waals surface area (Å²) < 4.78 is 6.18. The van der Waals surface area contributed by atoms with Crippen molar-refractivity contribution >= 4 is 56.5 Å². The van der Waals surface area contributed by atoms with Gasteiger partial charge in [0, 0.05) is 4.47 Å². The third kappa shape index (κ3) is 5.29. The Morgan fingerprint density at radius 2 is 1.95 bits per heavy atom. The van der Waals surface area contributed by atoms with Crippen LogP contribution in [0.1, 0.15) is 0 Å². The quantitative estimate of drug-likeness (QED) is 0.763. The van der Waals surface area contributed by atoms with E-state index in [1.165, 1.54) is 0 Å². The van der Waals surface area contributed by atoms with Gasteiger partial charge in [-0.05, 0) is 42.5 Å². The summed E-state index contributed by atoms with van der Waals surface area (Å²) in [7, 11) is 0. The van der Waals surface area contributed by atoms with Crippen molar-refractivity contribution in [2.45, 2.75) is 0 Å². The van der Waals surface area contributed by atoms with E-state index in [1.54, 1.807) is 24.3 Å². The highest BCUT2D eigenvalue weighted by atomic mass is 79.9. The largest absolute Gasteiger partial charge is 0.484 e. The molecule has 0 spiro atoms. The SMILES string of the molecule is O=C(COc1ccccc1)NC(=S)Nc1ccc(Br)cc1Cl. The molecule has 114 valence electrons. The Morgan fingerprint density at radius 1 is 1.23 bits per heavy atom. The number of thiocarbonyl (C=S) groups is 1. The van der Waals surface area contributed by atoms with Crippen LogP contribution in [0.2, 0.25) is 5.02 Å². The number of hydrogen-bond acceptors (Lipinski definition) is 3. The molecule has 0 radical (unpaired) electrons. The molecule has 4 nitrogen and oxygen atoms in total. The second-order valence-electron chi connectivity index (χ2n) is 4.23. The number of carbonyl (C=O) groups excluding carboxylic acids is 1. The molecule has 2 aromatic carbocycles. The average Bonchev–Trinajstić information content (AvgIpc) is 2.49. The van der Waals surface area contributed by atoms with Gasteiger partial charge in [-0.2, -0.15) is 0 Å². The fraction of sp³-hybridized carbons (Fsp3) is 0.0667. The van der Waals surface area contributed by atoms with Gasteiger partial charge in [0.25, 0.3) is 5.91 Å². The van der Waals surface area contributed by atoms with Gasteiger partial charge in [0.1, 0.15) is 5.75 Å². The Balaban J connectivity index is 1.82. The van der Waals surface area contributed by atoms with Gasteiger partial charge in [-0.15, -0.1) is 0 Å². The second kappa shape index (κ2) is 8.12. The molecular weight excluding hydrogens is 388 g/mol. The van der Waals surface area contributed by atoms with Crippen molar-refractivity contribution in [3.05, 3.63) is 58.0 Å². The third-order valence-corrected chi connectivity index (χ3v) is 3.56. The lowest BCUT2D eigenvalue weighted by molar-refractivity contribution is -0.121. The van der Waals surface area contributed by atoms with Crippen LogP contribution in [0.5, 0.6) is 5.75 Å². The first-order valence-electron chi connectivity index (χ1n) is 6.28. The number of rotatable bonds is 4. The Labute approximate surface area is 146 Å². The summed E-state index contributed by atoms with van der Waals surface area (Å²) in [4.78, 5) is 11.8. The number of para-hydroxylation sites is 1. The molecule has 2 aromatic rings. The molecule has 22 heavy (non-hydrogen) atoms. The zero-order chi connectivity index (χ0) is 15.9. The maximum absolute atomic E-state index is 11.8. The predicted molar refractivity (Wildman–Crippen MR) is 95.5 cm³/mol. The third-order valence-electron chi connectivity index (χ3n) is 2.55. The van der Waals surface area contributed by atoms with Crippen molar-refractivity contribution in [1.29, 1.82) is 0 Å². The summed E-state index contributed by atoms with van der Waals surface area (Å²) >= 11 is 14.4. The summed E-state index contributed by atoms with van der Waals surface area (Å²) in [6, 6.07) is 14.4. The van der Waals surface area contributed by atoms with Gasteiger partial charge < -0.3 is 10.1 Å². The number of ether oxygens (including phenoxy) is 1. The Hall–Kier alpha value is -1.63. The van der Waals surface area contributed by atoms with Crippen LogP contribution in [0.4, 0.5) is 5.69 Å². The van der Waals surface area contributed by atoms with E-state index >= 15 is 0 Å². The number of amides is 1. The lowest BCUT2D eigenvalue weighted by Crippen LogP contribution is -2.37. The van der Waals surface area contributed by atoms with E-state index in [1.807, 2.05) is 24.3 Å². The van der Waals surface area contributed by atoms with Crippen LogP contribution >= 0.6 is 39.7 Å². The highest BCUT2D eigenvalue weighted by molar-refractivity contribution is 9.10. The van der Waals surface area contributed by atoms with Crippen molar-refractivity contribution in [2.24, 2.45) is 0 Å². The molecule has 7 heteroatoms. The van der Waals surface area contributed by atoms with E-state index in [2.05, 4.69) is 26.6 Å². The minimum absolute atomic E-state index is 0.125. The molecule has 2 N–H and O–H groups in total. The molecule has 1 amide bonds.